The van der Waals surface area contributed by atoms with Crippen LogP contribution in [0.1, 0.15) is 54.2 Å². The number of halogens is 3. The van der Waals surface area contributed by atoms with Crippen LogP contribution in [-0.2, 0) is 11.3 Å². The quantitative estimate of drug-likeness (QED) is 0.428. The molecule has 10 heteroatoms. The Balaban J connectivity index is 1.69. The fraction of sp³-hybridized carbons (Fsp3) is 0.333. The van der Waals surface area contributed by atoms with Gasteiger partial charge in [0.15, 0.2) is 16.9 Å². The molecule has 3 heterocycles. The Hall–Kier alpha value is -3.95. The van der Waals surface area contributed by atoms with Crippen molar-refractivity contribution in [1.29, 1.82) is 0 Å². The zero-order valence-electron chi connectivity index (χ0n) is 20.5. The molecule has 194 valence electrons. The Morgan fingerprint density at radius 1 is 1.11 bits per heavy atom. The number of hydrogen-bond donors (Lipinski definition) is 0. The summed E-state index contributed by atoms with van der Waals surface area (Å²) < 4.78 is 56.8. The van der Waals surface area contributed by atoms with Gasteiger partial charge in [0.2, 0.25) is 0 Å². The Labute approximate surface area is 211 Å². The summed E-state index contributed by atoms with van der Waals surface area (Å²) in [4.78, 5) is 25.1. The summed E-state index contributed by atoms with van der Waals surface area (Å²) in [7, 11) is 1.18. The van der Waals surface area contributed by atoms with Gasteiger partial charge >= 0.3 is 12.3 Å². The van der Waals surface area contributed by atoms with E-state index in [0.29, 0.717) is 23.2 Å². The molecule has 7 nitrogen and oxygen atoms in total. The van der Waals surface area contributed by atoms with E-state index in [9.17, 15) is 22.8 Å². The van der Waals surface area contributed by atoms with Gasteiger partial charge in [-0.05, 0) is 49.9 Å². The summed E-state index contributed by atoms with van der Waals surface area (Å²) in [5.74, 6) is -1.35. The van der Waals surface area contributed by atoms with E-state index in [2.05, 4.69) is 4.74 Å². The number of methoxy groups -OCH3 is 1. The second kappa shape index (κ2) is 8.86. The standard InChI is InChI=1S/C27H25F3N2O5/c1-26(2)10-9-20-17-11-23(36-15-16-7-5-4-6-8-16)24(37-27(28,29)30)12-18(17)21-13-22(33)19(25(34)35-3)14-31(21)32(20)26/h4-8,11-14,20H,9-10,15H2,1-3H3/t20-/m1/s1. The molecule has 0 saturated carbocycles. The van der Waals surface area contributed by atoms with Crippen LogP contribution in [0, 0.1) is 0 Å². The molecule has 2 aliphatic rings. The molecule has 1 saturated heterocycles. The van der Waals surface area contributed by atoms with Crippen LogP contribution in [0.25, 0.3) is 11.3 Å². The summed E-state index contributed by atoms with van der Waals surface area (Å²) in [6.45, 7) is 4.11. The third-order valence-electron chi connectivity index (χ3n) is 6.83. The third kappa shape index (κ3) is 4.52. The van der Waals surface area contributed by atoms with Crippen LogP contribution in [0.4, 0.5) is 13.2 Å². The predicted molar refractivity (Wildman–Crippen MR) is 129 cm³/mol. The highest BCUT2D eigenvalue weighted by Gasteiger charge is 2.46. The van der Waals surface area contributed by atoms with Gasteiger partial charge in [-0.15, -0.1) is 13.2 Å². The van der Waals surface area contributed by atoms with Gasteiger partial charge in [0.1, 0.15) is 12.2 Å². The minimum atomic E-state index is -4.95. The number of carbonyl (C=O) groups is 1. The molecular formula is C27H25F3N2O5. The number of nitrogens with zero attached hydrogens (tertiary/aromatic N) is 2. The van der Waals surface area contributed by atoms with Crippen molar-refractivity contribution in [1.82, 2.24) is 4.68 Å². The summed E-state index contributed by atoms with van der Waals surface area (Å²) >= 11 is 0. The SMILES string of the molecule is COC(=O)c1cn2c(cc1=O)-c1cc(OC(F)(F)F)c(OCc3ccccc3)cc1[C@H]1CCC(C)(C)N12. The molecule has 5 rings (SSSR count). The van der Waals surface area contributed by atoms with Crippen molar-refractivity contribution < 1.29 is 32.2 Å². The summed E-state index contributed by atoms with van der Waals surface area (Å²) in [6.07, 6.45) is -2.08. The van der Waals surface area contributed by atoms with Crippen LogP contribution in [-0.4, -0.2) is 29.7 Å². The second-order valence-corrected chi connectivity index (χ2v) is 9.69. The third-order valence-corrected chi connectivity index (χ3v) is 6.83. The Morgan fingerprint density at radius 3 is 2.51 bits per heavy atom. The minimum Gasteiger partial charge on any atom is -0.485 e. The molecule has 3 aromatic rings. The maximum Gasteiger partial charge on any atom is 0.573 e. The van der Waals surface area contributed by atoms with E-state index in [1.807, 2.05) is 49.2 Å². The first kappa shape index (κ1) is 24.7. The van der Waals surface area contributed by atoms with Crippen molar-refractivity contribution >= 4 is 5.97 Å². The number of alkyl halides is 3. The van der Waals surface area contributed by atoms with Gasteiger partial charge < -0.3 is 14.2 Å². The van der Waals surface area contributed by atoms with Crippen molar-refractivity contribution in [2.45, 2.75) is 51.2 Å². The average molecular weight is 515 g/mol. The Bertz CT molecular complexity index is 1420. The van der Waals surface area contributed by atoms with Gasteiger partial charge in [0, 0.05) is 17.8 Å². The number of rotatable bonds is 5. The molecule has 1 aromatic heterocycles. The van der Waals surface area contributed by atoms with E-state index < -0.39 is 23.5 Å². The highest BCUT2D eigenvalue weighted by molar-refractivity contribution is 5.89. The first-order valence-corrected chi connectivity index (χ1v) is 11.7. The topological polar surface area (TPSA) is 70.0 Å². The van der Waals surface area contributed by atoms with Gasteiger partial charge in [-0.2, -0.15) is 0 Å². The van der Waals surface area contributed by atoms with E-state index in [4.69, 9.17) is 9.47 Å². The molecule has 37 heavy (non-hydrogen) atoms. The maximum atomic E-state index is 13.4. The Morgan fingerprint density at radius 2 is 1.84 bits per heavy atom. The molecule has 2 aromatic carbocycles. The van der Waals surface area contributed by atoms with Gasteiger partial charge in [0.05, 0.1) is 24.4 Å². The fourth-order valence-corrected chi connectivity index (χ4v) is 5.17. The van der Waals surface area contributed by atoms with Gasteiger partial charge in [-0.3, -0.25) is 14.5 Å². The molecule has 2 aliphatic heterocycles. The number of carbonyl (C=O) groups excluding carboxylic acids is 1. The number of fused-ring (bicyclic) bond motifs is 6. The van der Waals surface area contributed by atoms with Gasteiger partial charge in [-0.1, -0.05) is 30.3 Å². The largest absolute Gasteiger partial charge is 0.573 e. The van der Waals surface area contributed by atoms with Crippen LogP contribution in [0.2, 0.25) is 0 Å². The summed E-state index contributed by atoms with van der Waals surface area (Å²) in [5, 5.41) is 2.04. The molecule has 0 radical (unpaired) electrons. The maximum absolute atomic E-state index is 13.4. The first-order valence-electron chi connectivity index (χ1n) is 11.7. The number of ether oxygens (including phenoxy) is 3. The zero-order valence-corrected chi connectivity index (χ0v) is 20.5. The van der Waals surface area contributed by atoms with Gasteiger partial charge in [-0.25, -0.2) is 4.79 Å². The highest BCUT2D eigenvalue weighted by atomic mass is 19.4. The lowest BCUT2D eigenvalue weighted by molar-refractivity contribution is -0.275. The lowest BCUT2D eigenvalue weighted by Crippen LogP contribution is -2.50. The Kier molecular flexibility index (Phi) is 5.92. The minimum absolute atomic E-state index is 0.0479. The van der Waals surface area contributed by atoms with E-state index >= 15 is 0 Å². The van der Waals surface area contributed by atoms with Gasteiger partial charge in [0.25, 0.3) is 0 Å². The van der Waals surface area contributed by atoms with Crippen LogP contribution in [0.15, 0.2) is 59.5 Å². The van der Waals surface area contributed by atoms with Crippen LogP contribution >= 0.6 is 0 Å². The smallest absolute Gasteiger partial charge is 0.485 e. The summed E-state index contributed by atoms with van der Waals surface area (Å²) in [6, 6.07) is 12.9. The predicted octanol–water partition coefficient (Wildman–Crippen LogP) is 5.34. The van der Waals surface area contributed by atoms with Crippen LogP contribution in [0.3, 0.4) is 0 Å². The molecule has 0 unspecified atom stereocenters. The lowest BCUT2D eigenvalue weighted by Gasteiger charge is -2.44. The number of esters is 1. The molecule has 0 N–H and O–H groups in total. The lowest BCUT2D eigenvalue weighted by atomic mass is 9.93. The zero-order chi connectivity index (χ0) is 26.5. The van der Waals surface area contributed by atoms with E-state index in [1.54, 1.807) is 10.7 Å². The van der Waals surface area contributed by atoms with Crippen molar-refractivity contribution in [3.8, 4) is 22.8 Å². The molecule has 0 bridgehead atoms. The normalized spacial score (nSPS) is 17.5. The molecule has 0 aliphatic carbocycles. The molecular weight excluding hydrogens is 489 g/mol. The first-order chi connectivity index (χ1) is 17.5. The molecule has 0 amide bonds. The van der Waals surface area contributed by atoms with Crippen molar-refractivity contribution in [2.75, 3.05) is 12.1 Å². The second-order valence-electron chi connectivity index (χ2n) is 9.69. The molecule has 1 fully saturated rings. The highest BCUT2D eigenvalue weighted by Crippen LogP contribution is 2.51. The van der Waals surface area contributed by atoms with E-state index in [0.717, 1.165) is 12.0 Å². The molecule has 0 spiro atoms. The summed E-state index contributed by atoms with van der Waals surface area (Å²) in [5.41, 5.74) is 1.13. The molecule has 1 atom stereocenters. The van der Waals surface area contributed by atoms with E-state index in [1.165, 1.54) is 25.4 Å². The fourth-order valence-electron chi connectivity index (χ4n) is 5.17. The average Bonchev–Trinajstić information content (AvgIpc) is 3.17. The number of aromatic nitrogens is 1. The number of hydrogen-bond acceptors (Lipinski definition) is 6. The van der Waals surface area contributed by atoms with Crippen molar-refractivity contribution in [3.63, 3.8) is 0 Å². The van der Waals surface area contributed by atoms with Crippen molar-refractivity contribution in [2.24, 2.45) is 0 Å². The monoisotopic (exact) mass is 514 g/mol. The van der Waals surface area contributed by atoms with Crippen molar-refractivity contribution in [3.05, 3.63) is 81.6 Å². The van der Waals surface area contributed by atoms with Crippen LogP contribution < -0.4 is 19.9 Å². The number of pyridine rings is 1. The van der Waals surface area contributed by atoms with E-state index in [-0.39, 0.29) is 29.5 Å². The van der Waals surface area contributed by atoms with Crippen LogP contribution in [0.5, 0.6) is 11.5 Å². The number of benzene rings is 2.